The zero-order valence-corrected chi connectivity index (χ0v) is 16.5. The number of nitrogens with one attached hydrogen (secondary N) is 1. The van der Waals surface area contributed by atoms with E-state index >= 15 is 0 Å². The van der Waals surface area contributed by atoms with Gasteiger partial charge in [0.1, 0.15) is 11.4 Å². The van der Waals surface area contributed by atoms with Crippen LogP contribution in [0.2, 0.25) is 0 Å². The lowest BCUT2D eigenvalue weighted by molar-refractivity contribution is -0.121. The molecule has 0 fully saturated rings. The van der Waals surface area contributed by atoms with Gasteiger partial charge in [0.05, 0.1) is 18.3 Å². The lowest BCUT2D eigenvalue weighted by Gasteiger charge is -2.08. The molecule has 6 nitrogen and oxygen atoms in total. The Bertz CT molecular complexity index is 1030. The summed E-state index contributed by atoms with van der Waals surface area (Å²) in [7, 11) is 0. The van der Waals surface area contributed by atoms with E-state index < -0.39 is 0 Å². The summed E-state index contributed by atoms with van der Waals surface area (Å²) < 4.78 is 7.02. The predicted molar refractivity (Wildman–Crippen MR) is 110 cm³/mol. The molecule has 0 bridgehead atoms. The van der Waals surface area contributed by atoms with E-state index in [9.17, 15) is 9.59 Å². The summed E-state index contributed by atoms with van der Waals surface area (Å²) in [6.45, 7) is 1.66. The smallest absolute Gasteiger partial charge is 0.262 e. The van der Waals surface area contributed by atoms with Crippen molar-refractivity contribution in [1.82, 2.24) is 14.9 Å². The molecule has 1 aliphatic rings. The number of aryl methyl sites for hydroxylation is 2. The van der Waals surface area contributed by atoms with Crippen LogP contribution in [0, 0.1) is 0 Å². The van der Waals surface area contributed by atoms with E-state index in [-0.39, 0.29) is 18.0 Å². The third-order valence-electron chi connectivity index (χ3n) is 4.90. The molecule has 146 valence electrons. The second-order valence-electron chi connectivity index (χ2n) is 6.96. The Kier molecular flexibility index (Phi) is 5.83. The second-order valence-corrected chi connectivity index (χ2v) is 8.04. The van der Waals surface area contributed by atoms with Crippen molar-refractivity contribution in [3.05, 3.63) is 63.0 Å². The van der Waals surface area contributed by atoms with E-state index in [1.54, 1.807) is 11.3 Å². The fourth-order valence-corrected chi connectivity index (χ4v) is 4.73. The maximum absolute atomic E-state index is 12.8. The van der Waals surface area contributed by atoms with E-state index in [2.05, 4.69) is 10.3 Å². The standard InChI is InChI=1S/C21H23N3O3S/c25-18(22-10-5-11-27-13-15-6-2-1-3-7-15)12-24-14-23-20-19(21(24)26)16-8-4-9-17(16)28-20/h1-3,6-7,14H,4-5,8-13H2,(H,22,25). The predicted octanol–water partition coefficient (Wildman–Crippen LogP) is 2.67. The molecule has 0 spiro atoms. The van der Waals surface area contributed by atoms with Crippen molar-refractivity contribution in [1.29, 1.82) is 0 Å². The normalized spacial score (nSPS) is 13.0. The van der Waals surface area contributed by atoms with Crippen molar-refractivity contribution >= 4 is 27.5 Å². The lowest BCUT2D eigenvalue weighted by Crippen LogP contribution is -2.33. The van der Waals surface area contributed by atoms with Gasteiger partial charge in [0.2, 0.25) is 5.91 Å². The van der Waals surface area contributed by atoms with Crippen LogP contribution in [0.5, 0.6) is 0 Å². The van der Waals surface area contributed by atoms with Crippen LogP contribution in [0.3, 0.4) is 0 Å². The molecule has 0 saturated carbocycles. The number of carbonyl (C=O) groups excluding carboxylic acids is 1. The highest BCUT2D eigenvalue weighted by molar-refractivity contribution is 7.18. The van der Waals surface area contributed by atoms with Crippen molar-refractivity contribution in [2.24, 2.45) is 0 Å². The largest absolute Gasteiger partial charge is 0.377 e. The van der Waals surface area contributed by atoms with Crippen molar-refractivity contribution in [3.8, 4) is 0 Å². The van der Waals surface area contributed by atoms with Gasteiger partial charge in [-0.2, -0.15) is 0 Å². The minimum Gasteiger partial charge on any atom is -0.377 e. The third-order valence-corrected chi connectivity index (χ3v) is 6.10. The molecule has 2 heterocycles. The minimum atomic E-state index is -0.182. The average molecular weight is 398 g/mol. The molecule has 1 aromatic carbocycles. The molecule has 0 radical (unpaired) electrons. The van der Waals surface area contributed by atoms with Crippen LogP contribution in [0.25, 0.3) is 10.2 Å². The number of hydrogen-bond acceptors (Lipinski definition) is 5. The summed E-state index contributed by atoms with van der Waals surface area (Å²) in [5, 5.41) is 3.56. The van der Waals surface area contributed by atoms with E-state index in [4.69, 9.17) is 4.74 Å². The van der Waals surface area contributed by atoms with Gasteiger partial charge in [-0.1, -0.05) is 30.3 Å². The number of thiophene rings is 1. The number of fused-ring (bicyclic) bond motifs is 3. The fourth-order valence-electron chi connectivity index (χ4n) is 3.51. The van der Waals surface area contributed by atoms with E-state index in [1.807, 2.05) is 30.3 Å². The molecule has 7 heteroatoms. The maximum Gasteiger partial charge on any atom is 0.262 e. The maximum atomic E-state index is 12.8. The van der Waals surface area contributed by atoms with Crippen molar-refractivity contribution in [3.63, 3.8) is 0 Å². The summed E-state index contributed by atoms with van der Waals surface area (Å²) in [5.74, 6) is -0.182. The number of carbonyl (C=O) groups is 1. The second kappa shape index (κ2) is 8.67. The Labute approximate surface area is 167 Å². The number of hydrogen-bond donors (Lipinski definition) is 1. The molecule has 0 aliphatic heterocycles. The van der Waals surface area contributed by atoms with Gasteiger partial charge in [-0.3, -0.25) is 14.2 Å². The van der Waals surface area contributed by atoms with Gasteiger partial charge < -0.3 is 10.1 Å². The Balaban J connectivity index is 1.25. The van der Waals surface area contributed by atoms with Crippen LogP contribution in [0.1, 0.15) is 28.8 Å². The van der Waals surface area contributed by atoms with Crippen molar-refractivity contribution in [2.75, 3.05) is 13.2 Å². The first kappa shape index (κ1) is 18.8. The fraction of sp³-hybridized carbons (Fsp3) is 0.381. The highest BCUT2D eigenvalue weighted by Crippen LogP contribution is 2.34. The van der Waals surface area contributed by atoms with Crippen LogP contribution in [0.4, 0.5) is 0 Å². The molecule has 0 saturated heterocycles. The van der Waals surface area contributed by atoms with Gasteiger partial charge in [0, 0.05) is 18.0 Å². The summed E-state index contributed by atoms with van der Waals surface area (Å²) in [4.78, 5) is 31.4. The first-order valence-corrected chi connectivity index (χ1v) is 10.4. The van der Waals surface area contributed by atoms with Gasteiger partial charge >= 0.3 is 0 Å². The topological polar surface area (TPSA) is 73.2 Å². The molecule has 2 aromatic heterocycles. The molecular formula is C21H23N3O3S. The van der Waals surface area contributed by atoms with Crippen LogP contribution in [-0.4, -0.2) is 28.6 Å². The minimum absolute atomic E-state index is 0.00271. The number of rotatable bonds is 8. The first-order valence-electron chi connectivity index (χ1n) is 9.60. The zero-order valence-electron chi connectivity index (χ0n) is 15.6. The summed E-state index contributed by atoms with van der Waals surface area (Å²) in [5.41, 5.74) is 2.17. The molecule has 1 aliphatic carbocycles. The molecule has 1 amide bonds. The Morgan fingerprint density at radius 1 is 1.25 bits per heavy atom. The van der Waals surface area contributed by atoms with Crippen LogP contribution in [-0.2, 0) is 35.5 Å². The van der Waals surface area contributed by atoms with Crippen molar-refractivity contribution in [2.45, 2.75) is 38.8 Å². The average Bonchev–Trinajstić information content (AvgIpc) is 3.29. The van der Waals surface area contributed by atoms with Crippen LogP contribution < -0.4 is 10.9 Å². The molecule has 4 rings (SSSR count). The van der Waals surface area contributed by atoms with E-state index in [1.165, 1.54) is 15.8 Å². The monoisotopic (exact) mass is 397 g/mol. The summed E-state index contributed by atoms with van der Waals surface area (Å²) in [6.07, 6.45) is 5.27. The quantitative estimate of drug-likeness (QED) is 0.593. The van der Waals surface area contributed by atoms with Crippen LogP contribution in [0.15, 0.2) is 41.5 Å². The molecule has 3 aromatic rings. The van der Waals surface area contributed by atoms with Crippen LogP contribution >= 0.6 is 11.3 Å². The molecule has 28 heavy (non-hydrogen) atoms. The Morgan fingerprint density at radius 3 is 2.96 bits per heavy atom. The molecule has 0 atom stereocenters. The van der Waals surface area contributed by atoms with Gasteiger partial charge in [-0.05, 0) is 36.8 Å². The zero-order chi connectivity index (χ0) is 19.3. The lowest BCUT2D eigenvalue weighted by atomic mass is 10.2. The Hall–Kier alpha value is -2.51. The van der Waals surface area contributed by atoms with E-state index in [0.717, 1.165) is 41.6 Å². The van der Waals surface area contributed by atoms with Gasteiger partial charge in [-0.25, -0.2) is 4.98 Å². The van der Waals surface area contributed by atoms with Gasteiger partial charge in [0.15, 0.2) is 0 Å². The molecule has 0 unspecified atom stereocenters. The van der Waals surface area contributed by atoms with E-state index in [0.29, 0.717) is 25.1 Å². The van der Waals surface area contributed by atoms with Gasteiger partial charge in [-0.15, -0.1) is 11.3 Å². The number of nitrogens with zero attached hydrogens (tertiary/aromatic N) is 2. The Morgan fingerprint density at radius 2 is 2.11 bits per heavy atom. The van der Waals surface area contributed by atoms with Gasteiger partial charge in [0.25, 0.3) is 5.56 Å². The number of amides is 1. The first-order chi connectivity index (χ1) is 13.7. The highest BCUT2D eigenvalue weighted by Gasteiger charge is 2.21. The summed E-state index contributed by atoms with van der Waals surface area (Å²) in [6, 6.07) is 9.98. The number of ether oxygens (including phenoxy) is 1. The molecular weight excluding hydrogens is 374 g/mol. The number of aromatic nitrogens is 2. The third kappa shape index (κ3) is 4.15. The highest BCUT2D eigenvalue weighted by atomic mass is 32.1. The SMILES string of the molecule is O=C(Cn1cnc2sc3c(c2c1=O)CCC3)NCCCOCc1ccccc1. The molecule has 1 N–H and O–H groups in total. The number of benzene rings is 1. The summed E-state index contributed by atoms with van der Waals surface area (Å²) >= 11 is 1.61. The van der Waals surface area contributed by atoms with Crippen molar-refractivity contribution < 1.29 is 9.53 Å².